The Morgan fingerprint density at radius 1 is 1.03 bits per heavy atom. The zero-order valence-corrected chi connectivity index (χ0v) is 19.0. The molecule has 0 saturated carbocycles. The molecule has 0 aliphatic heterocycles. The summed E-state index contributed by atoms with van der Waals surface area (Å²) < 4.78 is 13.3. The van der Waals surface area contributed by atoms with Gasteiger partial charge < -0.3 is 9.26 Å². The van der Waals surface area contributed by atoms with Gasteiger partial charge in [0.15, 0.2) is 16.8 Å². The monoisotopic (exact) mass is 455 g/mol. The minimum absolute atomic E-state index is 0.0935. The second-order valence-corrected chi connectivity index (χ2v) is 8.91. The van der Waals surface area contributed by atoms with E-state index in [9.17, 15) is 0 Å². The molecule has 160 valence electrons. The van der Waals surface area contributed by atoms with Gasteiger partial charge in [0.05, 0.1) is 10.3 Å². The van der Waals surface area contributed by atoms with Crippen molar-refractivity contribution in [2.45, 2.75) is 43.7 Å². The molecule has 0 amide bonds. The molecule has 0 bridgehead atoms. The summed E-state index contributed by atoms with van der Waals surface area (Å²) in [6.45, 7) is 6.29. The van der Waals surface area contributed by atoms with Gasteiger partial charge in [0.25, 0.3) is 0 Å². The van der Waals surface area contributed by atoms with Gasteiger partial charge >= 0.3 is 0 Å². The molecule has 0 saturated heterocycles. The molecule has 31 heavy (non-hydrogen) atoms. The second kappa shape index (κ2) is 9.53. The Labute approximate surface area is 189 Å². The number of rotatable bonds is 8. The lowest BCUT2D eigenvalue weighted by atomic mass is 10.2. The van der Waals surface area contributed by atoms with Crippen LogP contribution < -0.4 is 4.74 Å². The molecular formula is C22H22ClN5O2S. The van der Waals surface area contributed by atoms with Crippen LogP contribution in [0.5, 0.6) is 5.75 Å². The van der Waals surface area contributed by atoms with Crippen LogP contribution in [-0.4, -0.2) is 24.9 Å². The SMILES string of the molecule is CC(C)c1noc(C(C)Sc2nnc(COc3ccccc3Cl)n2-c2ccccc2)n1. The Bertz CT molecular complexity index is 1150. The maximum absolute atomic E-state index is 6.22. The number of hydrogen-bond acceptors (Lipinski definition) is 7. The number of aromatic nitrogens is 5. The normalized spacial score (nSPS) is 12.3. The van der Waals surface area contributed by atoms with Crippen LogP contribution in [0, 0.1) is 0 Å². The predicted octanol–water partition coefficient (Wildman–Crippen LogP) is 5.86. The van der Waals surface area contributed by atoms with Gasteiger partial charge in [0.2, 0.25) is 5.89 Å². The minimum atomic E-state index is -0.0935. The first kappa shape index (κ1) is 21.4. The fourth-order valence-corrected chi connectivity index (χ4v) is 3.97. The van der Waals surface area contributed by atoms with E-state index in [4.69, 9.17) is 20.9 Å². The lowest BCUT2D eigenvalue weighted by Gasteiger charge is -2.12. The number of thioether (sulfide) groups is 1. The quantitative estimate of drug-likeness (QED) is 0.308. The summed E-state index contributed by atoms with van der Waals surface area (Å²) in [6.07, 6.45) is 0. The largest absolute Gasteiger partial charge is 0.484 e. The van der Waals surface area contributed by atoms with Crippen molar-refractivity contribution >= 4 is 23.4 Å². The van der Waals surface area contributed by atoms with Crippen molar-refractivity contribution in [1.82, 2.24) is 24.9 Å². The van der Waals surface area contributed by atoms with Crippen molar-refractivity contribution in [1.29, 1.82) is 0 Å². The van der Waals surface area contributed by atoms with Gasteiger partial charge in [-0.05, 0) is 31.2 Å². The number of benzene rings is 2. The van der Waals surface area contributed by atoms with Gasteiger partial charge in [-0.1, -0.05) is 72.7 Å². The van der Waals surface area contributed by atoms with Crippen LogP contribution in [0.15, 0.2) is 64.3 Å². The summed E-state index contributed by atoms with van der Waals surface area (Å²) >= 11 is 7.72. The summed E-state index contributed by atoms with van der Waals surface area (Å²) in [5.41, 5.74) is 0.938. The highest BCUT2D eigenvalue weighted by molar-refractivity contribution is 7.99. The van der Waals surface area contributed by atoms with Gasteiger partial charge in [-0.15, -0.1) is 10.2 Å². The maximum Gasteiger partial charge on any atom is 0.239 e. The molecule has 0 N–H and O–H groups in total. The van der Waals surface area contributed by atoms with Crippen LogP contribution in [0.3, 0.4) is 0 Å². The average Bonchev–Trinajstić information content (AvgIpc) is 3.41. The van der Waals surface area contributed by atoms with Crippen LogP contribution in [0.4, 0.5) is 0 Å². The molecule has 7 nitrogen and oxygen atoms in total. The first-order chi connectivity index (χ1) is 15.0. The summed E-state index contributed by atoms with van der Waals surface area (Å²) in [4.78, 5) is 4.51. The average molecular weight is 456 g/mol. The fourth-order valence-electron chi connectivity index (χ4n) is 2.87. The van der Waals surface area contributed by atoms with Crippen molar-refractivity contribution in [3.05, 3.63) is 77.2 Å². The number of halogens is 1. The lowest BCUT2D eigenvalue weighted by Crippen LogP contribution is -2.07. The van der Waals surface area contributed by atoms with Gasteiger partial charge in [-0.25, -0.2) is 0 Å². The summed E-state index contributed by atoms with van der Waals surface area (Å²) in [7, 11) is 0. The Morgan fingerprint density at radius 2 is 1.77 bits per heavy atom. The molecule has 9 heteroatoms. The molecule has 0 radical (unpaired) electrons. The van der Waals surface area contributed by atoms with Gasteiger partial charge in [0.1, 0.15) is 12.4 Å². The standard InChI is InChI=1S/C22H22ClN5O2S/c1-14(2)20-24-21(30-27-20)15(3)31-22-26-25-19(28(22)16-9-5-4-6-10-16)13-29-18-12-8-7-11-17(18)23/h4-12,14-15H,13H2,1-3H3. The zero-order valence-electron chi connectivity index (χ0n) is 17.4. The molecule has 0 spiro atoms. The van der Waals surface area contributed by atoms with E-state index in [-0.39, 0.29) is 17.8 Å². The lowest BCUT2D eigenvalue weighted by molar-refractivity contribution is 0.293. The second-order valence-electron chi connectivity index (χ2n) is 7.19. The van der Waals surface area contributed by atoms with E-state index >= 15 is 0 Å². The molecule has 1 unspecified atom stereocenters. The van der Waals surface area contributed by atoms with E-state index in [1.54, 1.807) is 6.07 Å². The van der Waals surface area contributed by atoms with Crippen molar-refractivity contribution in [3.8, 4) is 11.4 Å². The van der Waals surface area contributed by atoms with Gasteiger partial charge in [-0.2, -0.15) is 4.98 Å². The van der Waals surface area contributed by atoms with Crippen LogP contribution in [0.1, 0.15) is 49.5 Å². The Balaban J connectivity index is 1.60. The van der Waals surface area contributed by atoms with E-state index in [0.29, 0.717) is 33.5 Å². The molecule has 0 aliphatic rings. The highest BCUT2D eigenvalue weighted by Crippen LogP contribution is 2.35. The molecular weight excluding hydrogens is 434 g/mol. The third-order valence-electron chi connectivity index (χ3n) is 4.51. The van der Waals surface area contributed by atoms with Crippen molar-refractivity contribution in [3.63, 3.8) is 0 Å². The van der Waals surface area contributed by atoms with Crippen molar-refractivity contribution < 1.29 is 9.26 Å². The van der Waals surface area contributed by atoms with Crippen LogP contribution in [0.25, 0.3) is 5.69 Å². The summed E-state index contributed by atoms with van der Waals surface area (Å²) in [5, 5.41) is 14.0. The Hall–Kier alpha value is -2.84. The van der Waals surface area contributed by atoms with Crippen molar-refractivity contribution in [2.75, 3.05) is 0 Å². The first-order valence-corrected chi connectivity index (χ1v) is 11.2. The van der Waals surface area contributed by atoms with Gasteiger partial charge in [-0.3, -0.25) is 4.57 Å². The van der Waals surface area contributed by atoms with E-state index in [1.165, 1.54) is 11.8 Å². The number of ether oxygens (including phenoxy) is 1. The van der Waals surface area contributed by atoms with E-state index in [0.717, 1.165) is 5.69 Å². The minimum Gasteiger partial charge on any atom is -0.484 e. The summed E-state index contributed by atoms with van der Waals surface area (Å²) in [5.74, 6) is 2.72. The maximum atomic E-state index is 6.22. The van der Waals surface area contributed by atoms with Crippen LogP contribution in [-0.2, 0) is 6.61 Å². The fraction of sp³-hybridized carbons (Fsp3) is 0.273. The molecule has 2 aromatic heterocycles. The van der Waals surface area contributed by atoms with Crippen LogP contribution in [0.2, 0.25) is 5.02 Å². The van der Waals surface area contributed by atoms with Gasteiger partial charge in [0, 0.05) is 11.6 Å². The Morgan fingerprint density at radius 3 is 2.48 bits per heavy atom. The topological polar surface area (TPSA) is 78.9 Å². The third kappa shape index (κ3) is 4.91. The number of nitrogens with zero attached hydrogens (tertiary/aromatic N) is 5. The number of para-hydroxylation sites is 2. The summed E-state index contributed by atoms with van der Waals surface area (Å²) in [6, 6.07) is 17.3. The number of hydrogen-bond donors (Lipinski definition) is 0. The van der Waals surface area contributed by atoms with Crippen molar-refractivity contribution in [2.24, 2.45) is 0 Å². The molecule has 4 rings (SSSR count). The predicted molar refractivity (Wildman–Crippen MR) is 120 cm³/mol. The third-order valence-corrected chi connectivity index (χ3v) is 5.85. The molecule has 2 aromatic carbocycles. The molecule has 0 aliphatic carbocycles. The molecule has 2 heterocycles. The molecule has 1 atom stereocenters. The zero-order chi connectivity index (χ0) is 21.8. The first-order valence-electron chi connectivity index (χ1n) is 9.90. The van der Waals surface area contributed by atoms with E-state index in [1.807, 2.05) is 73.9 Å². The highest BCUT2D eigenvalue weighted by atomic mass is 35.5. The Kier molecular flexibility index (Phi) is 6.58. The molecule has 4 aromatic rings. The smallest absolute Gasteiger partial charge is 0.239 e. The highest BCUT2D eigenvalue weighted by Gasteiger charge is 2.22. The van der Waals surface area contributed by atoms with E-state index in [2.05, 4.69) is 20.3 Å². The molecule has 0 fully saturated rings. The van der Waals surface area contributed by atoms with Crippen LogP contribution >= 0.6 is 23.4 Å². The van der Waals surface area contributed by atoms with E-state index < -0.39 is 0 Å².